The maximum atomic E-state index is 13.0. The summed E-state index contributed by atoms with van der Waals surface area (Å²) in [6.07, 6.45) is 2.21. The van der Waals surface area contributed by atoms with E-state index in [0.29, 0.717) is 6.42 Å². The van der Waals surface area contributed by atoms with E-state index >= 15 is 0 Å². The first-order chi connectivity index (χ1) is 16.1. The lowest BCUT2D eigenvalue weighted by atomic mass is 9.93. The first-order valence-electron chi connectivity index (χ1n) is 11.6. The van der Waals surface area contributed by atoms with Crippen LogP contribution in [0.4, 0.5) is 0 Å². The van der Waals surface area contributed by atoms with Crippen LogP contribution in [0.5, 0.6) is 5.75 Å². The summed E-state index contributed by atoms with van der Waals surface area (Å²) < 4.78 is 10.9. The Bertz CT molecular complexity index is 879. The smallest absolute Gasteiger partial charge is 0.347 e. The Morgan fingerprint density at radius 2 is 1.43 bits per heavy atom. The number of phenols is 1. The van der Waals surface area contributed by atoms with Crippen LogP contribution in [0.15, 0.2) is 12.1 Å². The van der Waals surface area contributed by atoms with Crippen LogP contribution in [0.2, 0.25) is 0 Å². The molecule has 0 radical (unpaired) electrons. The Labute approximate surface area is 206 Å². The second-order valence-electron chi connectivity index (χ2n) is 10.2. The van der Waals surface area contributed by atoms with Gasteiger partial charge in [-0.1, -0.05) is 19.8 Å². The molecule has 0 fully saturated rings. The quantitative estimate of drug-likeness (QED) is 0.252. The molecule has 1 atom stereocenters. The van der Waals surface area contributed by atoms with Gasteiger partial charge in [0.25, 0.3) is 0 Å². The number of phenolic OH excluding ortho intramolecular Hbond substituents is 1. The molecule has 0 aliphatic carbocycles. The number of nitrogens with two attached hydrogens (primary N) is 1. The Hall–Kier alpha value is -3.14. The summed E-state index contributed by atoms with van der Waals surface area (Å²) in [5.41, 5.74) is -2.04. The molecule has 0 saturated heterocycles. The number of carbonyl (C=O) groups excluding carboxylic acids is 4. The van der Waals surface area contributed by atoms with Gasteiger partial charge in [-0.3, -0.25) is 4.79 Å². The summed E-state index contributed by atoms with van der Waals surface area (Å²) in [7, 11) is 0. The highest BCUT2D eigenvalue weighted by molar-refractivity contribution is 5.99. The molecule has 10 heteroatoms. The SMILES string of the molecule is CCCCCC(=O)N[C@@H](Cc1c(C(=O)OC(C)(C)C)cc(O)cc1C(=O)OC(C)(C)C)C(=O)ON. The number of amides is 1. The van der Waals surface area contributed by atoms with Crippen LogP contribution in [0.1, 0.15) is 100 Å². The first kappa shape index (κ1) is 29.9. The van der Waals surface area contributed by atoms with Gasteiger partial charge in [0.05, 0.1) is 11.1 Å². The molecule has 0 aliphatic rings. The minimum Gasteiger partial charge on any atom is -0.508 e. The van der Waals surface area contributed by atoms with Gasteiger partial charge in [-0.15, -0.1) is 0 Å². The highest BCUT2D eigenvalue weighted by Crippen LogP contribution is 2.28. The summed E-state index contributed by atoms with van der Waals surface area (Å²) in [4.78, 5) is 55.2. The number of rotatable bonds is 10. The lowest BCUT2D eigenvalue weighted by Crippen LogP contribution is -2.44. The van der Waals surface area contributed by atoms with Gasteiger partial charge < -0.3 is 24.7 Å². The predicted molar refractivity (Wildman–Crippen MR) is 128 cm³/mol. The number of aromatic hydroxyl groups is 1. The monoisotopic (exact) mass is 494 g/mol. The molecule has 35 heavy (non-hydrogen) atoms. The van der Waals surface area contributed by atoms with Crippen molar-refractivity contribution in [3.8, 4) is 5.75 Å². The van der Waals surface area contributed by atoms with Gasteiger partial charge in [0.15, 0.2) is 0 Å². The average molecular weight is 495 g/mol. The largest absolute Gasteiger partial charge is 0.508 e. The Morgan fingerprint density at radius 1 is 0.943 bits per heavy atom. The summed E-state index contributed by atoms with van der Waals surface area (Å²) in [6, 6.07) is 0.956. The first-order valence-corrected chi connectivity index (χ1v) is 11.6. The van der Waals surface area contributed by atoms with Gasteiger partial charge in [0.1, 0.15) is 23.0 Å². The van der Waals surface area contributed by atoms with Gasteiger partial charge in [0, 0.05) is 12.8 Å². The second kappa shape index (κ2) is 12.5. The average Bonchev–Trinajstić information content (AvgIpc) is 2.71. The van der Waals surface area contributed by atoms with Crippen molar-refractivity contribution >= 4 is 23.8 Å². The van der Waals surface area contributed by atoms with E-state index in [2.05, 4.69) is 10.2 Å². The van der Waals surface area contributed by atoms with Crippen LogP contribution in [0, 0.1) is 0 Å². The molecule has 1 aromatic carbocycles. The number of unbranched alkanes of at least 4 members (excludes halogenated alkanes) is 2. The molecular formula is C25H38N2O8. The number of hydrogen-bond donors (Lipinski definition) is 3. The molecule has 10 nitrogen and oxygen atoms in total. The highest BCUT2D eigenvalue weighted by Gasteiger charge is 2.32. The van der Waals surface area contributed by atoms with E-state index < -0.39 is 41.1 Å². The van der Waals surface area contributed by atoms with Crippen LogP contribution >= 0.6 is 0 Å². The van der Waals surface area contributed by atoms with Crippen molar-refractivity contribution in [3.63, 3.8) is 0 Å². The second-order valence-corrected chi connectivity index (χ2v) is 10.2. The normalized spacial score (nSPS) is 12.5. The molecule has 0 heterocycles. The maximum absolute atomic E-state index is 13.0. The Balaban J connectivity index is 3.55. The van der Waals surface area contributed by atoms with Crippen molar-refractivity contribution in [2.24, 2.45) is 5.90 Å². The lowest BCUT2D eigenvalue weighted by Gasteiger charge is -2.25. The van der Waals surface area contributed by atoms with Crippen molar-refractivity contribution in [1.29, 1.82) is 0 Å². The van der Waals surface area contributed by atoms with Crippen LogP contribution < -0.4 is 11.2 Å². The molecule has 0 spiro atoms. The fraction of sp³-hybridized carbons (Fsp3) is 0.600. The summed E-state index contributed by atoms with van der Waals surface area (Å²) in [5, 5.41) is 12.8. The summed E-state index contributed by atoms with van der Waals surface area (Å²) in [5.74, 6) is 1.67. The molecular weight excluding hydrogens is 456 g/mol. The number of esters is 2. The van der Waals surface area contributed by atoms with E-state index in [1.54, 1.807) is 41.5 Å². The molecule has 1 aromatic rings. The van der Waals surface area contributed by atoms with Gasteiger partial charge >= 0.3 is 17.9 Å². The number of carbonyl (C=O) groups is 4. The van der Waals surface area contributed by atoms with E-state index in [1.807, 2.05) is 6.92 Å². The minimum atomic E-state index is -1.30. The number of hydrogen-bond acceptors (Lipinski definition) is 9. The van der Waals surface area contributed by atoms with Crippen molar-refractivity contribution < 1.29 is 38.6 Å². The predicted octanol–water partition coefficient (Wildman–Crippen LogP) is 3.33. The van der Waals surface area contributed by atoms with Gasteiger partial charge in [-0.2, -0.15) is 5.90 Å². The third-order valence-corrected chi connectivity index (χ3v) is 4.62. The van der Waals surface area contributed by atoms with E-state index in [9.17, 15) is 24.3 Å². The van der Waals surface area contributed by atoms with Crippen LogP contribution in [-0.4, -0.2) is 46.2 Å². The Morgan fingerprint density at radius 3 is 1.83 bits per heavy atom. The van der Waals surface area contributed by atoms with E-state index in [4.69, 9.17) is 15.4 Å². The van der Waals surface area contributed by atoms with Crippen LogP contribution in [-0.2, 0) is 30.3 Å². The zero-order valence-electron chi connectivity index (χ0n) is 21.6. The van der Waals surface area contributed by atoms with Gasteiger partial charge in [-0.05, 0) is 65.7 Å². The topological polar surface area (TPSA) is 154 Å². The van der Waals surface area contributed by atoms with Crippen molar-refractivity contribution in [2.75, 3.05) is 0 Å². The van der Waals surface area contributed by atoms with Gasteiger partial charge in [0.2, 0.25) is 5.91 Å². The molecule has 0 saturated carbocycles. The fourth-order valence-corrected chi connectivity index (χ4v) is 3.19. The minimum absolute atomic E-state index is 0.0376. The standard InChI is InChI=1S/C25H38N2O8/c1-8-9-10-11-20(29)27-19(23(32)35-26)14-16-17(21(30)33-24(2,3)4)12-15(28)13-18(16)22(31)34-25(5,6)7/h12-13,19,28H,8-11,14,26H2,1-7H3,(H,27,29)/t19-/m0/s1. The molecule has 196 valence electrons. The molecule has 1 rings (SSSR count). The molecule has 0 aromatic heterocycles. The Kier molecular flexibility index (Phi) is 10.7. The van der Waals surface area contributed by atoms with Crippen molar-refractivity contribution in [2.45, 2.75) is 97.8 Å². The summed E-state index contributed by atoms with van der Waals surface area (Å²) in [6.45, 7) is 12.0. The van der Waals surface area contributed by atoms with Crippen molar-refractivity contribution in [3.05, 3.63) is 28.8 Å². The highest BCUT2D eigenvalue weighted by atomic mass is 16.7. The van der Waals surface area contributed by atoms with E-state index in [0.717, 1.165) is 25.0 Å². The molecule has 0 bridgehead atoms. The van der Waals surface area contributed by atoms with E-state index in [1.165, 1.54) is 0 Å². The third kappa shape index (κ3) is 10.3. The fourth-order valence-electron chi connectivity index (χ4n) is 3.19. The van der Waals surface area contributed by atoms with E-state index in [-0.39, 0.29) is 35.3 Å². The lowest BCUT2D eigenvalue weighted by molar-refractivity contribution is -0.148. The molecule has 4 N–H and O–H groups in total. The third-order valence-electron chi connectivity index (χ3n) is 4.62. The molecule has 0 unspecified atom stereocenters. The number of benzene rings is 1. The number of ether oxygens (including phenoxy) is 2. The summed E-state index contributed by atoms with van der Waals surface area (Å²) >= 11 is 0. The number of nitrogens with one attached hydrogen (secondary N) is 1. The zero-order chi connectivity index (χ0) is 27.0. The van der Waals surface area contributed by atoms with Crippen LogP contribution in [0.3, 0.4) is 0 Å². The van der Waals surface area contributed by atoms with Crippen LogP contribution in [0.25, 0.3) is 0 Å². The van der Waals surface area contributed by atoms with Crippen molar-refractivity contribution in [1.82, 2.24) is 5.32 Å². The molecule has 0 aliphatic heterocycles. The molecule has 1 amide bonds. The maximum Gasteiger partial charge on any atom is 0.347 e. The van der Waals surface area contributed by atoms with Gasteiger partial charge in [-0.25, -0.2) is 14.4 Å². The zero-order valence-corrected chi connectivity index (χ0v) is 21.6.